The number of hydrogen-bond acceptors (Lipinski definition) is 3. The summed E-state index contributed by atoms with van der Waals surface area (Å²) in [5, 5.41) is 0. The monoisotopic (exact) mass is 323 g/mol. The summed E-state index contributed by atoms with van der Waals surface area (Å²) in [6, 6.07) is 6.53. The molecule has 3 nitrogen and oxygen atoms in total. The van der Waals surface area contributed by atoms with Crippen LogP contribution in [-0.4, -0.2) is 26.5 Å². The van der Waals surface area contributed by atoms with Crippen molar-refractivity contribution < 1.29 is 8.42 Å². The number of rotatable bonds is 5. The van der Waals surface area contributed by atoms with Crippen LogP contribution in [0, 0.1) is 0 Å². The number of sulfonamides is 1. The summed E-state index contributed by atoms with van der Waals surface area (Å²) >= 11 is 4.88. The van der Waals surface area contributed by atoms with Gasteiger partial charge in [-0.3, -0.25) is 0 Å². The number of thioether (sulfide) groups is 1. The van der Waals surface area contributed by atoms with Crippen molar-refractivity contribution in [1.82, 2.24) is 4.72 Å². The van der Waals surface area contributed by atoms with Crippen molar-refractivity contribution in [1.29, 1.82) is 0 Å². The Balaban J connectivity index is 2.82. The van der Waals surface area contributed by atoms with E-state index in [1.54, 1.807) is 36.0 Å². The van der Waals surface area contributed by atoms with Gasteiger partial charge in [-0.2, -0.15) is 11.8 Å². The van der Waals surface area contributed by atoms with Crippen LogP contribution in [0.1, 0.15) is 6.92 Å². The number of hydrogen-bond donors (Lipinski definition) is 1. The van der Waals surface area contributed by atoms with Gasteiger partial charge in [-0.25, -0.2) is 13.1 Å². The Labute approximate surface area is 109 Å². The highest BCUT2D eigenvalue weighted by atomic mass is 79.9. The molecular formula is C10H14BrNO2S2. The molecule has 0 heterocycles. The predicted octanol–water partition coefficient (Wildman–Crippen LogP) is 2.48. The lowest BCUT2D eigenvalue weighted by atomic mass is 10.4. The highest BCUT2D eigenvalue weighted by molar-refractivity contribution is 9.10. The Morgan fingerprint density at radius 1 is 1.38 bits per heavy atom. The van der Waals surface area contributed by atoms with E-state index in [1.165, 1.54) is 0 Å². The van der Waals surface area contributed by atoms with Gasteiger partial charge in [0.2, 0.25) is 10.0 Å². The summed E-state index contributed by atoms with van der Waals surface area (Å²) in [6.07, 6.45) is 1.95. The van der Waals surface area contributed by atoms with Crippen molar-refractivity contribution in [2.24, 2.45) is 0 Å². The normalized spacial score (nSPS) is 13.7. The summed E-state index contributed by atoms with van der Waals surface area (Å²) in [5.41, 5.74) is 0. The molecule has 16 heavy (non-hydrogen) atoms. The van der Waals surface area contributed by atoms with Crippen molar-refractivity contribution in [3.8, 4) is 0 Å². The van der Waals surface area contributed by atoms with E-state index in [1.807, 2.05) is 13.2 Å². The van der Waals surface area contributed by atoms with Crippen LogP contribution in [0.3, 0.4) is 0 Å². The van der Waals surface area contributed by atoms with Gasteiger partial charge in [0.05, 0.1) is 4.90 Å². The smallest absolute Gasteiger partial charge is 0.208 e. The van der Waals surface area contributed by atoms with E-state index < -0.39 is 10.0 Å². The van der Waals surface area contributed by atoms with Gasteiger partial charge in [0.25, 0.3) is 0 Å². The molecular weight excluding hydrogens is 310 g/mol. The molecule has 0 amide bonds. The van der Waals surface area contributed by atoms with Crippen LogP contribution >= 0.6 is 27.7 Å². The topological polar surface area (TPSA) is 46.2 Å². The molecule has 0 aromatic heterocycles. The first kappa shape index (κ1) is 14.0. The van der Waals surface area contributed by atoms with Crippen LogP contribution < -0.4 is 4.72 Å². The second-order valence-electron chi connectivity index (χ2n) is 3.43. The van der Waals surface area contributed by atoms with Crippen molar-refractivity contribution in [3.05, 3.63) is 28.7 Å². The summed E-state index contributed by atoms with van der Waals surface area (Å²) in [7, 11) is -3.38. The van der Waals surface area contributed by atoms with Crippen molar-refractivity contribution >= 4 is 37.7 Å². The highest BCUT2D eigenvalue weighted by Crippen LogP contribution is 2.15. The summed E-state index contributed by atoms with van der Waals surface area (Å²) in [4.78, 5) is 0.295. The van der Waals surface area contributed by atoms with E-state index >= 15 is 0 Å². The van der Waals surface area contributed by atoms with Gasteiger partial charge in [0, 0.05) is 16.3 Å². The first-order valence-electron chi connectivity index (χ1n) is 4.72. The molecule has 1 rings (SSSR count). The second kappa shape index (κ2) is 6.05. The SMILES string of the molecule is CSCC(C)NS(=O)(=O)c1ccc(Br)cc1. The Hall–Kier alpha value is -0.0400. The minimum atomic E-state index is -3.38. The van der Waals surface area contributed by atoms with Crippen LogP contribution in [0.25, 0.3) is 0 Å². The van der Waals surface area contributed by atoms with Gasteiger partial charge in [-0.1, -0.05) is 15.9 Å². The fourth-order valence-electron chi connectivity index (χ4n) is 1.23. The highest BCUT2D eigenvalue weighted by Gasteiger charge is 2.16. The molecule has 0 radical (unpaired) electrons. The molecule has 1 unspecified atom stereocenters. The Morgan fingerprint density at radius 2 is 1.94 bits per heavy atom. The molecule has 0 fully saturated rings. The van der Waals surface area contributed by atoms with E-state index in [4.69, 9.17) is 0 Å². The lowest BCUT2D eigenvalue weighted by Crippen LogP contribution is -2.34. The molecule has 1 N–H and O–H groups in total. The first-order valence-corrected chi connectivity index (χ1v) is 8.39. The van der Waals surface area contributed by atoms with E-state index in [9.17, 15) is 8.42 Å². The van der Waals surface area contributed by atoms with Crippen molar-refractivity contribution in [3.63, 3.8) is 0 Å². The predicted molar refractivity (Wildman–Crippen MR) is 72.3 cm³/mol. The number of benzene rings is 1. The fraction of sp³-hybridized carbons (Fsp3) is 0.400. The Bertz CT molecular complexity index is 431. The van der Waals surface area contributed by atoms with Crippen LogP contribution in [0.4, 0.5) is 0 Å². The van der Waals surface area contributed by atoms with Crippen LogP contribution in [0.15, 0.2) is 33.6 Å². The van der Waals surface area contributed by atoms with Gasteiger partial charge in [-0.15, -0.1) is 0 Å². The zero-order chi connectivity index (χ0) is 12.2. The first-order chi connectivity index (χ1) is 7.45. The lowest BCUT2D eigenvalue weighted by Gasteiger charge is -2.12. The van der Waals surface area contributed by atoms with Crippen molar-refractivity contribution in [2.75, 3.05) is 12.0 Å². The molecule has 6 heteroatoms. The van der Waals surface area contributed by atoms with Gasteiger partial charge in [-0.05, 0) is 37.4 Å². The maximum Gasteiger partial charge on any atom is 0.240 e. The van der Waals surface area contributed by atoms with E-state index in [0.717, 1.165) is 10.2 Å². The molecule has 0 aliphatic carbocycles. The summed E-state index contributed by atoms with van der Waals surface area (Å²) < 4.78 is 27.3. The maximum absolute atomic E-state index is 11.9. The average molecular weight is 324 g/mol. The molecule has 0 saturated heterocycles. The van der Waals surface area contributed by atoms with E-state index in [2.05, 4.69) is 20.7 Å². The third-order valence-electron chi connectivity index (χ3n) is 1.90. The third-order valence-corrected chi connectivity index (χ3v) is 4.86. The molecule has 0 saturated carbocycles. The molecule has 0 aliphatic heterocycles. The van der Waals surface area contributed by atoms with Gasteiger partial charge >= 0.3 is 0 Å². The third kappa shape index (κ3) is 4.08. The van der Waals surface area contributed by atoms with E-state index in [-0.39, 0.29) is 6.04 Å². The molecule has 1 aromatic rings. The zero-order valence-corrected chi connectivity index (χ0v) is 12.3. The van der Waals surface area contributed by atoms with Crippen molar-refractivity contribution in [2.45, 2.75) is 17.9 Å². The molecule has 1 atom stereocenters. The fourth-order valence-corrected chi connectivity index (χ4v) is 3.43. The molecule has 90 valence electrons. The minimum Gasteiger partial charge on any atom is -0.208 e. The second-order valence-corrected chi connectivity index (χ2v) is 6.97. The Kier molecular flexibility index (Phi) is 5.30. The molecule has 0 bridgehead atoms. The summed E-state index contributed by atoms with van der Waals surface area (Å²) in [6.45, 7) is 1.85. The number of nitrogens with one attached hydrogen (secondary N) is 1. The van der Waals surface area contributed by atoms with Crippen LogP contribution in [0.2, 0.25) is 0 Å². The number of halogens is 1. The van der Waals surface area contributed by atoms with Crippen LogP contribution in [0.5, 0.6) is 0 Å². The summed E-state index contributed by atoms with van der Waals surface area (Å²) in [5.74, 6) is 0.760. The Morgan fingerprint density at radius 3 is 2.44 bits per heavy atom. The van der Waals surface area contributed by atoms with E-state index in [0.29, 0.717) is 4.90 Å². The van der Waals surface area contributed by atoms with Gasteiger partial charge in [0.15, 0.2) is 0 Å². The standard InChI is InChI=1S/C10H14BrNO2S2/c1-8(7-15-2)12-16(13,14)10-5-3-9(11)4-6-10/h3-6,8,12H,7H2,1-2H3. The molecule has 1 aromatic carbocycles. The molecule has 0 spiro atoms. The molecule has 0 aliphatic rings. The van der Waals surface area contributed by atoms with Gasteiger partial charge in [0.1, 0.15) is 0 Å². The largest absolute Gasteiger partial charge is 0.240 e. The van der Waals surface area contributed by atoms with Gasteiger partial charge < -0.3 is 0 Å². The average Bonchev–Trinajstić information content (AvgIpc) is 2.17. The van der Waals surface area contributed by atoms with Crippen LogP contribution in [-0.2, 0) is 10.0 Å². The minimum absolute atomic E-state index is 0.0661. The lowest BCUT2D eigenvalue weighted by molar-refractivity contribution is 0.571. The maximum atomic E-state index is 11.9. The quantitative estimate of drug-likeness (QED) is 0.905. The zero-order valence-electron chi connectivity index (χ0n) is 9.10.